The van der Waals surface area contributed by atoms with Crippen molar-refractivity contribution in [2.24, 2.45) is 0 Å². The summed E-state index contributed by atoms with van der Waals surface area (Å²) in [7, 11) is -1.73. The molecular formula is C34H35Br3Si. The number of halogens is 3. The standard InChI is InChI=1S/C24H26Br2Si.C10H9Br/c1-5-27(6-2,23-15(3)13-19-17(23)9-7-11-21(19)25)24-16(4)14-20-18(24)10-8-12-22(20)26;1-7-5-8-3-2-4-10(11)9(8)6-7/h7-14,23-24H,5-6H2,1-4H3;2-5H,6H2,1H3. The number of rotatable bonds is 4. The molecule has 0 nitrogen and oxygen atoms in total. The molecule has 0 radical (unpaired) electrons. The molecule has 0 heterocycles. The van der Waals surface area contributed by atoms with E-state index in [1.54, 1.807) is 22.3 Å². The molecule has 3 aromatic rings. The SMILES string of the molecule is CC1=Cc2cccc(Br)c2C1.CC[Si](CC)(C1C(C)=Cc2c(Br)cccc21)C1C(C)=Cc2c(Br)cccc21. The minimum atomic E-state index is -1.73. The first-order chi connectivity index (χ1) is 18.2. The number of hydrogen-bond donors (Lipinski definition) is 0. The Morgan fingerprint density at radius 2 is 1.13 bits per heavy atom. The largest absolute Gasteiger partial charge is 0.0776 e. The second-order valence-corrected chi connectivity index (χ2v) is 18.6. The average Bonchev–Trinajstić information content (AvgIpc) is 3.56. The summed E-state index contributed by atoms with van der Waals surface area (Å²) >= 11 is 11.1. The Morgan fingerprint density at radius 3 is 1.61 bits per heavy atom. The normalized spacial score (nSPS) is 19.1. The average molecular weight is 711 g/mol. The minimum Gasteiger partial charge on any atom is -0.0683 e. The fourth-order valence-electron chi connectivity index (χ4n) is 7.28. The lowest BCUT2D eigenvalue weighted by Crippen LogP contribution is -2.47. The maximum Gasteiger partial charge on any atom is 0.0776 e. The summed E-state index contributed by atoms with van der Waals surface area (Å²) in [6.45, 7) is 11.8. The van der Waals surface area contributed by atoms with Gasteiger partial charge in [0.1, 0.15) is 0 Å². The second-order valence-electron chi connectivity index (χ2n) is 11.0. The van der Waals surface area contributed by atoms with Gasteiger partial charge in [0.05, 0.1) is 8.07 Å². The third kappa shape index (κ3) is 4.74. The molecule has 0 saturated heterocycles. The molecule has 0 fully saturated rings. The predicted molar refractivity (Wildman–Crippen MR) is 179 cm³/mol. The zero-order valence-electron chi connectivity index (χ0n) is 22.8. The van der Waals surface area contributed by atoms with Gasteiger partial charge in [-0.15, -0.1) is 0 Å². The van der Waals surface area contributed by atoms with Crippen molar-refractivity contribution in [1.82, 2.24) is 0 Å². The zero-order chi connectivity index (χ0) is 27.2. The van der Waals surface area contributed by atoms with Crippen molar-refractivity contribution in [2.75, 3.05) is 0 Å². The highest BCUT2D eigenvalue weighted by atomic mass is 79.9. The highest BCUT2D eigenvalue weighted by Gasteiger charge is 2.51. The molecule has 0 bridgehead atoms. The Hall–Kier alpha value is -1.46. The lowest BCUT2D eigenvalue weighted by atomic mass is 10.1. The topological polar surface area (TPSA) is 0 Å². The first-order valence-corrected chi connectivity index (χ1v) is 18.5. The van der Waals surface area contributed by atoms with E-state index in [9.17, 15) is 0 Å². The molecule has 3 aromatic carbocycles. The molecule has 2 unspecified atom stereocenters. The molecule has 196 valence electrons. The Morgan fingerprint density at radius 1 is 0.658 bits per heavy atom. The molecule has 0 saturated carbocycles. The van der Waals surface area contributed by atoms with Crippen molar-refractivity contribution in [1.29, 1.82) is 0 Å². The van der Waals surface area contributed by atoms with Crippen LogP contribution in [0.4, 0.5) is 0 Å². The van der Waals surface area contributed by atoms with Crippen LogP contribution in [-0.2, 0) is 6.42 Å². The van der Waals surface area contributed by atoms with Crippen LogP contribution >= 0.6 is 47.8 Å². The fraction of sp³-hybridized carbons (Fsp3) is 0.294. The molecule has 2 atom stereocenters. The highest BCUT2D eigenvalue weighted by Crippen LogP contribution is 2.56. The van der Waals surface area contributed by atoms with Crippen molar-refractivity contribution in [3.8, 4) is 0 Å². The minimum absolute atomic E-state index is 0.596. The van der Waals surface area contributed by atoms with Gasteiger partial charge in [-0.25, -0.2) is 0 Å². The summed E-state index contributed by atoms with van der Waals surface area (Å²) in [6, 6.07) is 22.5. The van der Waals surface area contributed by atoms with E-state index in [-0.39, 0.29) is 0 Å². The van der Waals surface area contributed by atoms with Crippen LogP contribution in [0.25, 0.3) is 18.2 Å². The molecule has 0 aliphatic heterocycles. The van der Waals surface area contributed by atoms with Crippen LogP contribution in [0, 0.1) is 0 Å². The number of allylic oxidation sites excluding steroid dienone is 3. The van der Waals surface area contributed by atoms with Gasteiger partial charge in [-0.2, -0.15) is 0 Å². The molecule has 0 N–H and O–H groups in total. The van der Waals surface area contributed by atoms with Gasteiger partial charge in [-0.05, 0) is 78.8 Å². The van der Waals surface area contributed by atoms with Crippen molar-refractivity contribution in [2.45, 2.75) is 64.2 Å². The molecular weight excluding hydrogens is 676 g/mol. The van der Waals surface area contributed by atoms with Gasteiger partial charge in [0, 0.05) is 24.5 Å². The fourth-order valence-corrected chi connectivity index (χ4v) is 15.0. The van der Waals surface area contributed by atoms with Crippen LogP contribution < -0.4 is 0 Å². The lowest BCUT2D eigenvalue weighted by molar-refractivity contribution is 0.914. The van der Waals surface area contributed by atoms with Gasteiger partial charge >= 0.3 is 0 Å². The number of benzene rings is 3. The maximum atomic E-state index is 3.80. The number of fused-ring (bicyclic) bond motifs is 3. The van der Waals surface area contributed by atoms with E-state index in [1.807, 2.05) is 0 Å². The Balaban J connectivity index is 0.000000222. The van der Waals surface area contributed by atoms with Crippen LogP contribution in [-0.4, -0.2) is 8.07 Å². The van der Waals surface area contributed by atoms with E-state index >= 15 is 0 Å². The van der Waals surface area contributed by atoms with Crippen LogP contribution in [0.3, 0.4) is 0 Å². The van der Waals surface area contributed by atoms with E-state index in [4.69, 9.17) is 0 Å². The molecule has 0 spiro atoms. The molecule has 4 heteroatoms. The van der Waals surface area contributed by atoms with E-state index < -0.39 is 8.07 Å². The van der Waals surface area contributed by atoms with Crippen LogP contribution in [0.1, 0.15) is 79.1 Å². The summed E-state index contributed by atoms with van der Waals surface area (Å²) in [5.74, 6) is 0. The predicted octanol–water partition coefficient (Wildman–Crippen LogP) is 11.9. The summed E-state index contributed by atoms with van der Waals surface area (Å²) in [5, 5.41) is 0. The van der Waals surface area contributed by atoms with Gasteiger partial charge in [0.15, 0.2) is 0 Å². The monoisotopic (exact) mass is 708 g/mol. The summed E-state index contributed by atoms with van der Waals surface area (Å²) in [6.07, 6.45) is 8.23. The smallest absolute Gasteiger partial charge is 0.0683 e. The Kier molecular flexibility index (Phi) is 8.27. The lowest BCUT2D eigenvalue weighted by Gasteiger charge is -2.44. The van der Waals surface area contributed by atoms with E-state index in [0.29, 0.717) is 11.1 Å². The van der Waals surface area contributed by atoms with E-state index in [2.05, 4.69) is 155 Å². The summed E-state index contributed by atoms with van der Waals surface area (Å²) in [5.41, 5.74) is 14.5. The van der Waals surface area contributed by atoms with Gasteiger partial charge in [0.25, 0.3) is 0 Å². The number of hydrogen-bond acceptors (Lipinski definition) is 0. The second kappa shape index (κ2) is 11.2. The summed E-state index contributed by atoms with van der Waals surface area (Å²) in [4.78, 5) is 0. The van der Waals surface area contributed by atoms with Crippen LogP contribution in [0.15, 0.2) is 84.7 Å². The Labute approximate surface area is 254 Å². The Bertz CT molecular complexity index is 1410. The van der Waals surface area contributed by atoms with Crippen molar-refractivity contribution in [3.63, 3.8) is 0 Å². The quantitative estimate of drug-likeness (QED) is 0.236. The molecule has 0 aromatic heterocycles. The summed E-state index contributed by atoms with van der Waals surface area (Å²) < 4.78 is 3.71. The molecule has 3 aliphatic rings. The van der Waals surface area contributed by atoms with Gasteiger partial charge in [-0.1, -0.05) is 145 Å². The van der Waals surface area contributed by atoms with Gasteiger partial charge in [0.2, 0.25) is 0 Å². The van der Waals surface area contributed by atoms with Crippen LogP contribution in [0.5, 0.6) is 0 Å². The first-order valence-electron chi connectivity index (χ1n) is 13.6. The third-order valence-corrected chi connectivity index (χ3v) is 17.5. The van der Waals surface area contributed by atoms with Crippen molar-refractivity contribution < 1.29 is 0 Å². The van der Waals surface area contributed by atoms with E-state index in [0.717, 1.165) is 6.42 Å². The molecule has 3 aliphatic carbocycles. The maximum absolute atomic E-state index is 3.80. The van der Waals surface area contributed by atoms with Crippen molar-refractivity contribution >= 4 is 74.1 Å². The van der Waals surface area contributed by atoms with Gasteiger partial charge in [-0.3, -0.25) is 0 Å². The molecule has 0 amide bonds. The highest BCUT2D eigenvalue weighted by molar-refractivity contribution is 9.11. The van der Waals surface area contributed by atoms with Crippen LogP contribution in [0.2, 0.25) is 12.1 Å². The molecule has 38 heavy (non-hydrogen) atoms. The molecule has 6 rings (SSSR count). The third-order valence-electron chi connectivity index (χ3n) is 8.93. The van der Waals surface area contributed by atoms with Gasteiger partial charge < -0.3 is 0 Å². The van der Waals surface area contributed by atoms with Crippen molar-refractivity contribution in [3.05, 3.63) is 118 Å². The van der Waals surface area contributed by atoms with E-state index in [1.165, 1.54) is 53.3 Å². The first kappa shape index (κ1) is 28.1. The zero-order valence-corrected chi connectivity index (χ0v) is 28.6.